The molecule has 154 valence electrons. The molecule has 7 heteroatoms. The monoisotopic (exact) mass is 413 g/mol. The molecular formula is C22H27N3O3S. The molecule has 0 bridgehead atoms. The van der Waals surface area contributed by atoms with Crippen molar-refractivity contribution in [2.75, 3.05) is 25.0 Å². The highest BCUT2D eigenvalue weighted by Gasteiger charge is 2.21. The molecule has 0 fully saturated rings. The van der Waals surface area contributed by atoms with Crippen LogP contribution in [0, 0.1) is 0 Å². The second kappa shape index (κ2) is 9.69. The molecule has 29 heavy (non-hydrogen) atoms. The maximum atomic E-state index is 12.4. The molecular weight excluding hydrogens is 386 g/mol. The van der Waals surface area contributed by atoms with Crippen LogP contribution in [0.5, 0.6) is 0 Å². The number of amides is 3. The summed E-state index contributed by atoms with van der Waals surface area (Å²) in [5, 5.41) is 4.86. The number of benzene rings is 1. The molecule has 1 aliphatic heterocycles. The van der Waals surface area contributed by atoms with Gasteiger partial charge in [-0.1, -0.05) is 0 Å². The van der Waals surface area contributed by atoms with Gasteiger partial charge < -0.3 is 15.1 Å². The zero-order chi connectivity index (χ0) is 20.8. The lowest BCUT2D eigenvalue weighted by molar-refractivity contribution is -0.133. The Balaban J connectivity index is 1.47. The third-order valence-electron chi connectivity index (χ3n) is 5.19. The van der Waals surface area contributed by atoms with Crippen LogP contribution in [0.2, 0.25) is 0 Å². The van der Waals surface area contributed by atoms with Crippen LogP contribution < -0.4 is 5.32 Å². The van der Waals surface area contributed by atoms with Crippen LogP contribution in [-0.2, 0) is 22.6 Å². The van der Waals surface area contributed by atoms with E-state index in [1.807, 2.05) is 18.7 Å². The van der Waals surface area contributed by atoms with Crippen LogP contribution in [-0.4, -0.2) is 47.2 Å². The molecule has 0 radical (unpaired) electrons. The quantitative estimate of drug-likeness (QED) is 0.755. The molecule has 1 aromatic heterocycles. The summed E-state index contributed by atoms with van der Waals surface area (Å²) in [4.78, 5) is 41.9. The molecule has 0 spiro atoms. The first-order valence-corrected chi connectivity index (χ1v) is 10.9. The van der Waals surface area contributed by atoms with E-state index >= 15 is 0 Å². The first-order valence-electron chi connectivity index (χ1n) is 10.0. The number of anilines is 1. The van der Waals surface area contributed by atoms with Crippen molar-refractivity contribution in [1.82, 2.24) is 9.80 Å². The second-order valence-corrected chi connectivity index (χ2v) is 8.04. The summed E-state index contributed by atoms with van der Waals surface area (Å²) in [6.07, 6.45) is 1.24. The molecule has 0 saturated carbocycles. The van der Waals surface area contributed by atoms with Crippen molar-refractivity contribution in [3.63, 3.8) is 0 Å². The molecule has 6 nitrogen and oxygen atoms in total. The first-order chi connectivity index (χ1) is 14.0. The average molecular weight is 414 g/mol. The molecule has 1 N–H and O–H groups in total. The number of nitrogens with one attached hydrogen (secondary N) is 1. The average Bonchev–Trinajstić information content (AvgIpc) is 3.21. The van der Waals surface area contributed by atoms with Crippen LogP contribution in [0.1, 0.15) is 47.5 Å². The van der Waals surface area contributed by atoms with Gasteiger partial charge in [-0.05, 0) is 61.5 Å². The number of hydrogen-bond donors (Lipinski definition) is 1. The highest BCUT2D eigenvalue weighted by molar-refractivity contribution is 7.10. The maximum absolute atomic E-state index is 12.4. The van der Waals surface area contributed by atoms with Crippen LogP contribution in [0.15, 0.2) is 35.7 Å². The standard InChI is InChI=1S/C22H27N3O3S/c1-3-24(4-2)22(28)16-5-7-18(8-6-16)23-20(26)9-10-21(27)25-13-11-19-17(15-25)12-14-29-19/h5-8,12,14H,3-4,9-11,13,15H2,1-2H3,(H,23,26). The number of nitrogens with zero attached hydrogens (tertiary/aromatic N) is 2. The zero-order valence-electron chi connectivity index (χ0n) is 16.9. The third kappa shape index (κ3) is 5.23. The maximum Gasteiger partial charge on any atom is 0.253 e. The molecule has 0 atom stereocenters. The Morgan fingerprint density at radius 1 is 1.07 bits per heavy atom. The largest absolute Gasteiger partial charge is 0.339 e. The first kappa shape index (κ1) is 21.0. The molecule has 0 aliphatic carbocycles. The Morgan fingerprint density at radius 3 is 2.48 bits per heavy atom. The topological polar surface area (TPSA) is 69.7 Å². The molecule has 2 aromatic rings. The number of hydrogen-bond acceptors (Lipinski definition) is 4. The predicted molar refractivity (Wildman–Crippen MR) is 115 cm³/mol. The van der Waals surface area contributed by atoms with Gasteiger partial charge >= 0.3 is 0 Å². The molecule has 0 unspecified atom stereocenters. The molecule has 0 saturated heterocycles. The summed E-state index contributed by atoms with van der Waals surface area (Å²) in [7, 11) is 0. The van der Waals surface area contributed by atoms with Gasteiger partial charge in [0.15, 0.2) is 0 Å². The van der Waals surface area contributed by atoms with Gasteiger partial charge in [-0.25, -0.2) is 0 Å². The summed E-state index contributed by atoms with van der Waals surface area (Å²) in [6.45, 7) is 6.57. The van der Waals surface area contributed by atoms with Crippen molar-refractivity contribution in [3.8, 4) is 0 Å². The van der Waals surface area contributed by atoms with Crippen molar-refractivity contribution in [1.29, 1.82) is 0 Å². The molecule has 2 heterocycles. The van der Waals surface area contributed by atoms with Crippen LogP contribution in [0.4, 0.5) is 5.69 Å². The minimum atomic E-state index is -0.200. The predicted octanol–water partition coefficient (Wildman–Crippen LogP) is 3.53. The number of thiophene rings is 1. The van der Waals surface area contributed by atoms with E-state index < -0.39 is 0 Å². The normalized spacial score (nSPS) is 13.0. The van der Waals surface area contributed by atoms with E-state index in [2.05, 4.69) is 16.8 Å². The van der Waals surface area contributed by atoms with Gasteiger partial charge in [-0.15, -0.1) is 11.3 Å². The van der Waals surface area contributed by atoms with Gasteiger partial charge in [0, 0.05) is 55.1 Å². The Labute approximate surface area is 175 Å². The zero-order valence-corrected chi connectivity index (χ0v) is 17.8. The summed E-state index contributed by atoms with van der Waals surface area (Å²) < 4.78 is 0. The third-order valence-corrected chi connectivity index (χ3v) is 6.22. The van der Waals surface area contributed by atoms with E-state index in [-0.39, 0.29) is 30.6 Å². The summed E-state index contributed by atoms with van der Waals surface area (Å²) in [6, 6.07) is 8.94. The van der Waals surface area contributed by atoms with Crippen molar-refractivity contribution in [2.45, 2.75) is 39.7 Å². The Hall–Kier alpha value is -2.67. The number of fused-ring (bicyclic) bond motifs is 1. The molecule has 3 amide bonds. The lowest BCUT2D eigenvalue weighted by Gasteiger charge is -2.27. The number of carbonyl (C=O) groups excluding carboxylic acids is 3. The van der Waals surface area contributed by atoms with Gasteiger partial charge in [0.2, 0.25) is 11.8 Å². The van der Waals surface area contributed by atoms with E-state index in [9.17, 15) is 14.4 Å². The van der Waals surface area contributed by atoms with Crippen LogP contribution in [0.25, 0.3) is 0 Å². The van der Waals surface area contributed by atoms with Crippen LogP contribution >= 0.6 is 11.3 Å². The van der Waals surface area contributed by atoms with Crippen molar-refractivity contribution < 1.29 is 14.4 Å². The summed E-state index contributed by atoms with van der Waals surface area (Å²) in [5.74, 6) is -0.208. The van der Waals surface area contributed by atoms with Gasteiger partial charge in [0.1, 0.15) is 0 Å². The SMILES string of the molecule is CCN(CC)C(=O)c1ccc(NC(=O)CCC(=O)N2CCc3sccc3C2)cc1. The molecule has 3 rings (SSSR count). The highest BCUT2D eigenvalue weighted by atomic mass is 32.1. The number of rotatable bonds is 7. The lowest BCUT2D eigenvalue weighted by atomic mass is 10.1. The van der Waals surface area contributed by atoms with Crippen molar-refractivity contribution in [3.05, 3.63) is 51.7 Å². The van der Waals surface area contributed by atoms with Gasteiger partial charge in [0.05, 0.1) is 0 Å². The molecule has 1 aromatic carbocycles. The smallest absolute Gasteiger partial charge is 0.253 e. The molecule has 1 aliphatic rings. The van der Waals surface area contributed by atoms with E-state index in [1.165, 1.54) is 10.4 Å². The fraction of sp³-hybridized carbons (Fsp3) is 0.409. The Kier molecular flexibility index (Phi) is 7.04. The highest BCUT2D eigenvalue weighted by Crippen LogP contribution is 2.24. The minimum Gasteiger partial charge on any atom is -0.339 e. The van der Waals surface area contributed by atoms with E-state index in [0.29, 0.717) is 30.9 Å². The fourth-order valence-electron chi connectivity index (χ4n) is 3.45. The van der Waals surface area contributed by atoms with Crippen molar-refractivity contribution in [2.24, 2.45) is 0 Å². The van der Waals surface area contributed by atoms with Gasteiger partial charge in [0.25, 0.3) is 5.91 Å². The number of carbonyl (C=O) groups is 3. The second-order valence-electron chi connectivity index (χ2n) is 7.04. The van der Waals surface area contributed by atoms with Gasteiger partial charge in [-0.2, -0.15) is 0 Å². The van der Waals surface area contributed by atoms with E-state index in [0.717, 1.165) is 13.0 Å². The minimum absolute atomic E-state index is 0.0113. The Morgan fingerprint density at radius 2 is 1.79 bits per heavy atom. The van der Waals surface area contributed by atoms with Crippen molar-refractivity contribution >= 4 is 34.7 Å². The fourth-order valence-corrected chi connectivity index (χ4v) is 4.34. The summed E-state index contributed by atoms with van der Waals surface area (Å²) in [5.41, 5.74) is 2.44. The van der Waals surface area contributed by atoms with E-state index in [1.54, 1.807) is 40.5 Å². The van der Waals surface area contributed by atoms with Crippen LogP contribution in [0.3, 0.4) is 0 Å². The van der Waals surface area contributed by atoms with E-state index in [4.69, 9.17) is 0 Å². The lowest BCUT2D eigenvalue weighted by Crippen LogP contribution is -2.35. The Bertz CT molecular complexity index is 872. The van der Waals surface area contributed by atoms with Gasteiger partial charge in [-0.3, -0.25) is 14.4 Å². The summed E-state index contributed by atoms with van der Waals surface area (Å²) >= 11 is 1.74.